The summed E-state index contributed by atoms with van der Waals surface area (Å²) in [5.41, 5.74) is 2.00. The molecule has 2 aromatic heterocycles. The first-order chi connectivity index (χ1) is 13.6. The highest BCUT2D eigenvalue weighted by Gasteiger charge is 2.43. The Bertz CT molecular complexity index is 1010. The fraction of sp³-hybridized carbons (Fsp3) is 0.450. The first-order valence-electron chi connectivity index (χ1n) is 9.56. The van der Waals surface area contributed by atoms with E-state index in [1.165, 1.54) is 6.07 Å². The van der Waals surface area contributed by atoms with E-state index in [4.69, 9.17) is 16.3 Å². The van der Waals surface area contributed by atoms with Crippen molar-refractivity contribution in [2.45, 2.75) is 19.8 Å². The van der Waals surface area contributed by atoms with Crippen LogP contribution in [0.1, 0.15) is 19.8 Å². The zero-order valence-electron chi connectivity index (χ0n) is 15.6. The second kappa shape index (κ2) is 6.67. The number of anilines is 1. The van der Waals surface area contributed by atoms with Crippen LogP contribution >= 0.6 is 11.6 Å². The monoisotopic (exact) mass is 401 g/mol. The summed E-state index contributed by atoms with van der Waals surface area (Å²) in [4.78, 5) is 11.4. The molecule has 1 spiro atoms. The normalized spacial score (nSPS) is 21.7. The molecule has 6 nitrogen and oxygen atoms in total. The molecule has 2 saturated heterocycles. The molecule has 0 bridgehead atoms. The highest BCUT2D eigenvalue weighted by atomic mass is 35.5. The van der Waals surface area contributed by atoms with Gasteiger partial charge in [-0.15, -0.1) is 0 Å². The number of hydrogen-bond acceptors (Lipinski definition) is 5. The van der Waals surface area contributed by atoms with Crippen LogP contribution in [0.4, 0.5) is 10.2 Å². The molecule has 5 rings (SSSR count). The Morgan fingerprint density at radius 2 is 2.14 bits per heavy atom. The molecule has 0 amide bonds. The second-order valence-electron chi connectivity index (χ2n) is 7.86. The Balaban J connectivity index is 1.43. The average molecular weight is 402 g/mol. The van der Waals surface area contributed by atoms with Crippen molar-refractivity contribution in [3.05, 3.63) is 35.2 Å². The quantitative estimate of drug-likeness (QED) is 0.701. The van der Waals surface area contributed by atoms with Crippen molar-refractivity contribution in [2.75, 3.05) is 31.2 Å². The summed E-state index contributed by atoms with van der Waals surface area (Å²) in [6.45, 7) is 5.85. The van der Waals surface area contributed by atoms with E-state index in [-0.39, 0.29) is 5.56 Å². The van der Waals surface area contributed by atoms with Crippen LogP contribution in [-0.4, -0.2) is 46.5 Å². The molecular formula is C20H21ClFN5O. The summed E-state index contributed by atoms with van der Waals surface area (Å²) in [6, 6.07) is 4.58. The van der Waals surface area contributed by atoms with Gasteiger partial charge < -0.3 is 9.64 Å². The number of aromatic amines is 1. The second-order valence-corrected chi connectivity index (χ2v) is 8.27. The van der Waals surface area contributed by atoms with Gasteiger partial charge in [0.05, 0.1) is 29.1 Å². The van der Waals surface area contributed by atoms with Crippen LogP contribution in [0, 0.1) is 17.2 Å². The molecule has 1 aromatic carbocycles. The van der Waals surface area contributed by atoms with Crippen LogP contribution in [0.5, 0.6) is 0 Å². The lowest BCUT2D eigenvalue weighted by molar-refractivity contribution is 0.127. The predicted octanol–water partition coefficient (Wildman–Crippen LogP) is 4.07. The van der Waals surface area contributed by atoms with E-state index < -0.39 is 5.82 Å². The maximum atomic E-state index is 14.3. The van der Waals surface area contributed by atoms with Gasteiger partial charge in [-0.05, 0) is 30.9 Å². The summed E-state index contributed by atoms with van der Waals surface area (Å²) in [5.74, 6) is 0.979. The zero-order chi connectivity index (χ0) is 19.3. The van der Waals surface area contributed by atoms with E-state index in [0.29, 0.717) is 33.2 Å². The van der Waals surface area contributed by atoms with Gasteiger partial charge in [-0.25, -0.2) is 14.4 Å². The van der Waals surface area contributed by atoms with Crippen molar-refractivity contribution in [2.24, 2.45) is 11.3 Å². The van der Waals surface area contributed by atoms with Gasteiger partial charge in [0.25, 0.3) is 0 Å². The van der Waals surface area contributed by atoms with Crippen molar-refractivity contribution in [1.29, 1.82) is 0 Å². The summed E-state index contributed by atoms with van der Waals surface area (Å²) >= 11 is 6.19. The molecule has 1 N–H and O–H groups in total. The van der Waals surface area contributed by atoms with Crippen LogP contribution in [0.15, 0.2) is 24.4 Å². The van der Waals surface area contributed by atoms with Crippen LogP contribution in [0.25, 0.3) is 22.4 Å². The topological polar surface area (TPSA) is 66.9 Å². The Morgan fingerprint density at radius 1 is 1.32 bits per heavy atom. The van der Waals surface area contributed by atoms with Crippen molar-refractivity contribution in [1.82, 2.24) is 20.2 Å². The third-order valence-corrected chi connectivity index (χ3v) is 6.67. The molecule has 2 aliphatic rings. The Morgan fingerprint density at radius 3 is 2.86 bits per heavy atom. The molecule has 0 saturated carbocycles. The van der Waals surface area contributed by atoms with Gasteiger partial charge in [0.1, 0.15) is 17.2 Å². The molecule has 146 valence electrons. The lowest BCUT2D eigenvalue weighted by Crippen LogP contribution is -2.43. The first-order valence-corrected chi connectivity index (χ1v) is 9.93. The molecule has 0 radical (unpaired) electrons. The van der Waals surface area contributed by atoms with Crippen molar-refractivity contribution < 1.29 is 9.13 Å². The van der Waals surface area contributed by atoms with Crippen LogP contribution in [-0.2, 0) is 4.74 Å². The Labute approximate surface area is 167 Å². The summed E-state index contributed by atoms with van der Waals surface area (Å²) in [6.07, 6.45) is 3.91. The van der Waals surface area contributed by atoms with Crippen molar-refractivity contribution >= 4 is 28.6 Å². The SMILES string of the molecule is C[C@@H]1COCC12CCN(c1cnc3c(-c4c(F)cccc4Cl)[nH]nc3n1)CC2. The third kappa shape index (κ3) is 2.76. The van der Waals surface area contributed by atoms with Crippen molar-refractivity contribution in [3.63, 3.8) is 0 Å². The Kier molecular flexibility index (Phi) is 4.25. The zero-order valence-corrected chi connectivity index (χ0v) is 16.3. The summed E-state index contributed by atoms with van der Waals surface area (Å²) < 4.78 is 20.0. The molecule has 2 fully saturated rings. The minimum absolute atomic E-state index is 0.267. The van der Waals surface area contributed by atoms with Gasteiger partial charge in [-0.3, -0.25) is 5.10 Å². The number of hydrogen-bond donors (Lipinski definition) is 1. The summed E-state index contributed by atoms with van der Waals surface area (Å²) in [5, 5.41) is 7.41. The lowest BCUT2D eigenvalue weighted by Gasteiger charge is -2.41. The fourth-order valence-corrected chi connectivity index (χ4v) is 4.68. The number of piperidine rings is 1. The molecular weight excluding hydrogens is 381 g/mol. The molecule has 4 heterocycles. The minimum Gasteiger partial charge on any atom is -0.381 e. The van der Waals surface area contributed by atoms with Gasteiger partial charge in [-0.2, -0.15) is 5.10 Å². The van der Waals surface area contributed by atoms with Gasteiger partial charge in [0, 0.05) is 25.1 Å². The summed E-state index contributed by atoms with van der Waals surface area (Å²) in [7, 11) is 0. The number of aromatic nitrogens is 4. The van der Waals surface area contributed by atoms with Crippen LogP contribution < -0.4 is 4.90 Å². The molecule has 3 aromatic rings. The highest BCUT2D eigenvalue weighted by molar-refractivity contribution is 6.33. The van der Waals surface area contributed by atoms with E-state index in [9.17, 15) is 4.39 Å². The van der Waals surface area contributed by atoms with Crippen LogP contribution in [0.3, 0.4) is 0 Å². The number of rotatable bonds is 2. The minimum atomic E-state index is -0.418. The number of nitrogens with zero attached hydrogens (tertiary/aromatic N) is 4. The largest absolute Gasteiger partial charge is 0.381 e. The van der Waals surface area contributed by atoms with E-state index in [0.717, 1.165) is 45.0 Å². The Hall–Kier alpha value is -2.25. The number of benzene rings is 1. The molecule has 1 atom stereocenters. The third-order valence-electron chi connectivity index (χ3n) is 6.35. The molecule has 0 aliphatic carbocycles. The van der Waals surface area contributed by atoms with Crippen molar-refractivity contribution in [3.8, 4) is 11.3 Å². The van der Waals surface area contributed by atoms with Gasteiger partial charge in [0.15, 0.2) is 0 Å². The van der Waals surface area contributed by atoms with E-state index in [1.54, 1.807) is 18.3 Å². The predicted molar refractivity (Wildman–Crippen MR) is 106 cm³/mol. The average Bonchev–Trinajstić information content (AvgIpc) is 3.26. The van der Waals surface area contributed by atoms with Gasteiger partial charge in [-0.1, -0.05) is 24.6 Å². The molecule has 0 unspecified atom stereocenters. The number of halogens is 2. The highest BCUT2D eigenvalue weighted by Crippen LogP contribution is 2.44. The number of nitrogens with one attached hydrogen (secondary N) is 1. The number of ether oxygens (including phenoxy) is 1. The maximum Gasteiger partial charge on any atom is 0.202 e. The molecule has 2 aliphatic heterocycles. The van der Waals surface area contributed by atoms with Crippen LogP contribution in [0.2, 0.25) is 5.02 Å². The molecule has 8 heteroatoms. The standard InChI is InChI=1S/C20H21ClFN5O/c1-12-10-28-11-20(12)5-7-27(8-6-20)15-9-23-18-17(25-26-19(18)24-15)16-13(21)3-2-4-14(16)22/h2-4,9,12H,5-8,10-11H2,1H3,(H,24,25,26)/t12-/m1/s1. The van der Waals surface area contributed by atoms with Gasteiger partial charge >= 0.3 is 0 Å². The van der Waals surface area contributed by atoms with E-state index >= 15 is 0 Å². The smallest absolute Gasteiger partial charge is 0.202 e. The van der Waals surface area contributed by atoms with Gasteiger partial charge in [0.2, 0.25) is 5.65 Å². The van der Waals surface area contributed by atoms with E-state index in [2.05, 4.69) is 32.0 Å². The first kappa shape index (κ1) is 17.8. The number of H-pyrrole nitrogens is 1. The molecule has 28 heavy (non-hydrogen) atoms. The number of fused-ring (bicyclic) bond motifs is 1. The van der Waals surface area contributed by atoms with E-state index in [1.807, 2.05) is 0 Å². The lowest BCUT2D eigenvalue weighted by atomic mass is 9.72. The maximum absolute atomic E-state index is 14.3. The fourth-order valence-electron chi connectivity index (χ4n) is 4.43.